The summed E-state index contributed by atoms with van der Waals surface area (Å²) in [4.78, 5) is 0. The summed E-state index contributed by atoms with van der Waals surface area (Å²) in [6.07, 6.45) is 12.2. The molecule has 1 aliphatic rings. The summed E-state index contributed by atoms with van der Waals surface area (Å²) in [6, 6.07) is 0. The second kappa shape index (κ2) is 4.38. The molecule has 0 aliphatic heterocycles. The number of hydrogen-bond donors (Lipinski definition) is 0. The molecule has 0 heteroatoms. The second-order valence-electron chi connectivity index (χ2n) is 3.23. The van der Waals surface area contributed by atoms with E-state index in [1.165, 1.54) is 25.7 Å². The van der Waals surface area contributed by atoms with Crippen molar-refractivity contribution < 1.29 is 0 Å². The van der Waals surface area contributed by atoms with Crippen molar-refractivity contribution in [3.05, 3.63) is 23.8 Å². The largest absolute Gasteiger partial charge is 0.0879 e. The number of allylic oxidation sites excluding steroid dienone is 4. The Kier molecular flexibility index (Phi) is 3.41. The van der Waals surface area contributed by atoms with Crippen LogP contribution < -0.4 is 0 Å². The average Bonchev–Trinajstić information content (AvgIpc) is 2.52. The van der Waals surface area contributed by atoms with Crippen LogP contribution in [0.3, 0.4) is 0 Å². The Morgan fingerprint density at radius 2 is 2.45 bits per heavy atom. The van der Waals surface area contributed by atoms with Gasteiger partial charge >= 0.3 is 0 Å². The lowest BCUT2D eigenvalue weighted by Gasteiger charge is -2.11. The first kappa shape index (κ1) is 8.58. The van der Waals surface area contributed by atoms with Gasteiger partial charge in [-0.3, -0.25) is 0 Å². The molecular formula is C11H18. The van der Waals surface area contributed by atoms with Gasteiger partial charge in [-0.25, -0.2) is 0 Å². The highest BCUT2D eigenvalue weighted by atomic mass is 14.2. The van der Waals surface area contributed by atoms with Crippen LogP contribution in [0.15, 0.2) is 23.8 Å². The third-order valence-corrected chi connectivity index (χ3v) is 2.40. The van der Waals surface area contributed by atoms with Crippen molar-refractivity contribution in [1.29, 1.82) is 0 Å². The summed E-state index contributed by atoms with van der Waals surface area (Å²) >= 11 is 0. The van der Waals surface area contributed by atoms with E-state index in [4.69, 9.17) is 0 Å². The highest BCUT2D eigenvalue weighted by Gasteiger charge is 2.12. The van der Waals surface area contributed by atoms with Crippen LogP contribution in [0.1, 0.15) is 39.5 Å². The Hall–Kier alpha value is -0.520. The summed E-state index contributed by atoms with van der Waals surface area (Å²) in [6.45, 7) is 4.42. The van der Waals surface area contributed by atoms with Crippen LogP contribution in [0, 0.1) is 5.92 Å². The minimum atomic E-state index is 0.778. The zero-order valence-electron chi connectivity index (χ0n) is 7.64. The molecule has 0 bridgehead atoms. The van der Waals surface area contributed by atoms with Crippen molar-refractivity contribution in [2.75, 3.05) is 0 Å². The van der Waals surface area contributed by atoms with Crippen molar-refractivity contribution in [1.82, 2.24) is 0 Å². The zero-order valence-corrected chi connectivity index (χ0v) is 7.64. The first-order valence-corrected chi connectivity index (χ1v) is 4.70. The van der Waals surface area contributed by atoms with E-state index in [9.17, 15) is 0 Å². The quantitative estimate of drug-likeness (QED) is 0.538. The van der Waals surface area contributed by atoms with Crippen LogP contribution in [0.4, 0.5) is 0 Å². The normalized spacial score (nSPS) is 24.5. The van der Waals surface area contributed by atoms with E-state index in [0.717, 1.165) is 5.92 Å². The molecule has 0 saturated carbocycles. The predicted molar refractivity (Wildman–Crippen MR) is 50.5 cm³/mol. The highest BCUT2D eigenvalue weighted by molar-refractivity contribution is 5.16. The molecule has 62 valence electrons. The Balaban J connectivity index is 2.48. The molecule has 1 atom stereocenters. The topological polar surface area (TPSA) is 0 Å². The Bertz CT molecular complexity index is 163. The monoisotopic (exact) mass is 150 g/mol. The molecule has 0 nitrogen and oxygen atoms in total. The maximum absolute atomic E-state index is 2.37. The van der Waals surface area contributed by atoms with E-state index in [2.05, 4.69) is 32.1 Å². The Labute approximate surface area is 70.0 Å². The molecule has 0 N–H and O–H groups in total. The lowest BCUT2D eigenvalue weighted by atomic mass is 9.95. The van der Waals surface area contributed by atoms with E-state index in [1.807, 2.05) is 0 Å². The maximum Gasteiger partial charge on any atom is -0.00205 e. The van der Waals surface area contributed by atoms with Crippen LogP contribution in [-0.4, -0.2) is 0 Å². The summed E-state index contributed by atoms with van der Waals surface area (Å²) in [5.74, 6) is 0.778. The fraction of sp³-hybridized carbons (Fsp3) is 0.636. The lowest BCUT2D eigenvalue weighted by molar-refractivity contribution is 0.678. The summed E-state index contributed by atoms with van der Waals surface area (Å²) in [7, 11) is 0. The fourth-order valence-electron chi connectivity index (χ4n) is 1.77. The minimum absolute atomic E-state index is 0.778. The van der Waals surface area contributed by atoms with Gasteiger partial charge in [-0.1, -0.05) is 37.1 Å². The maximum atomic E-state index is 2.37. The van der Waals surface area contributed by atoms with Crippen LogP contribution in [0.5, 0.6) is 0 Å². The van der Waals surface area contributed by atoms with Crippen molar-refractivity contribution in [3.8, 4) is 0 Å². The summed E-state index contributed by atoms with van der Waals surface area (Å²) in [5.41, 5.74) is 1.64. The van der Waals surface area contributed by atoms with Gasteiger partial charge in [0.2, 0.25) is 0 Å². The second-order valence-corrected chi connectivity index (χ2v) is 3.23. The van der Waals surface area contributed by atoms with Gasteiger partial charge in [0.25, 0.3) is 0 Å². The molecule has 0 aromatic heterocycles. The van der Waals surface area contributed by atoms with Crippen molar-refractivity contribution >= 4 is 0 Å². The third kappa shape index (κ3) is 2.21. The average molecular weight is 150 g/mol. The number of rotatable bonds is 3. The standard InChI is InChI=1S/C11H18/c1-3-7-10(4-2)11-8-5-6-9-11/h4-5,8,11H,3,6-7,9H2,1-2H3. The van der Waals surface area contributed by atoms with Crippen LogP contribution in [-0.2, 0) is 0 Å². The van der Waals surface area contributed by atoms with Crippen molar-refractivity contribution in [3.63, 3.8) is 0 Å². The smallest absolute Gasteiger partial charge is 0.00205 e. The molecule has 0 saturated heterocycles. The molecule has 0 aromatic rings. The van der Waals surface area contributed by atoms with Crippen molar-refractivity contribution in [2.24, 2.45) is 5.92 Å². The zero-order chi connectivity index (χ0) is 8.10. The van der Waals surface area contributed by atoms with Gasteiger partial charge in [0, 0.05) is 0 Å². The van der Waals surface area contributed by atoms with Crippen LogP contribution >= 0.6 is 0 Å². The summed E-state index contributed by atoms with van der Waals surface area (Å²) in [5, 5.41) is 0. The molecule has 1 aliphatic carbocycles. The third-order valence-electron chi connectivity index (χ3n) is 2.40. The molecule has 0 spiro atoms. The summed E-state index contributed by atoms with van der Waals surface area (Å²) < 4.78 is 0. The van der Waals surface area contributed by atoms with Gasteiger partial charge in [-0.05, 0) is 32.1 Å². The van der Waals surface area contributed by atoms with Gasteiger partial charge < -0.3 is 0 Å². The molecule has 0 heterocycles. The van der Waals surface area contributed by atoms with Gasteiger partial charge in [0.15, 0.2) is 0 Å². The van der Waals surface area contributed by atoms with E-state index in [-0.39, 0.29) is 0 Å². The van der Waals surface area contributed by atoms with Crippen molar-refractivity contribution in [2.45, 2.75) is 39.5 Å². The molecule has 0 amide bonds. The minimum Gasteiger partial charge on any atom is -0.0879 e. The Morgan fingerprint density at radius 3 is 2.91 bits per heavy atom. The van der Waals surface area contributed by atoms with E-state index in [1.54, 1.807) is 5.57 Å². The van der Waals surface area contributed by atoms with Gasteiger partial charge in [0.05, 0.1) is 0 Å². The van der Waals surface area contributed by atoms with E-state index >= 15 is 0 Å². The fourth-order valence-corrected chi connectivity index (χ4v) is 1.77. The van der Waals surface area contributed by atoms with Crippen LogP contribution in [0.25, 0.3) is 0 Å². The van der Waals surface area contributed by atoms with Crippen LogP contribution in [0.2, 0.25) is 0 Å². The predicted octanol–water partition coefficient (Wildman–Crippen LogP) is 3.70. The van der Waals surface area contributed by atoms with Gasteiger partial charge in [0.1, 0.15) is 0 Å². The molecule has 0 radical (unpaired) electrons. The first-order chi connectivity index (χ1) is 5.38. The highest BCUT2D eigenvalue weighted by Crippen LogP contribution is 2.27. The number of hydrogen-bond acceptors (Lipinski definition) is 0. The molecule has 1 rings (SSSR count). The van der Waals surface area contributed by atoms with Gasteiger partial charge in [-0.2, -0.15) is 0 Å². The van der Waals surface area contributed by atoms with Gasteiger partial charge in [-0.15, -0.1) is 0 Å². The SMILES string of the molecule is CC=C(CCC)C1C=CCC1. The van der Waals surface area contributed by atoms with E-state index in [0.29, 0.717) is 0 Å². The van der Waals surface area contributed by atoms with E-state index < -0.39 is 0 Å². The molecule has 11 heavy (non-hydrogen) atoms. The molecular weight excluding hydrogens is 132 g/mol. The first-order valence-electron chi connectivity index (χ1n) is 4.70. The molecule has 1 unspecified atom stereocenters. The molecule has 0 aromatic carbocycles. The molecule has 0 fully saturated rings. The lowest BCUT2D eigenvalue weighted by Crippen LogP contribution is -1.96. The Morgan fingerprint density at radius 1 is 1.64 bits per heavy atom.